The molecule has 0 atom stereocenters. The Kier molecular flexibility index (Phi) is 6.55. The molecule has 0 bridgehead atoms. The molecule has 0 aliphatic carbocycles. The van der Waals surface area contributed by atoms with Crippen LogP contribution in [0, 0.1) is 0 Å². The normalized spacial score (nSPS) is 10.3. The Morgan fingerprint density at radius 2 is 2.00 bits per heavy atom. The lowest BCUT2D eigenvalue weighted by Crippen LogP contribution is -2.36. The van der Waals surface area contributed by atoms with Crippen LogP contribution in [-0.4, -0.2) is 28.8 Å². The van der Waals surface area contributed by atoms with E-state index < -0.39 is 5.97 Å². The highest BCUT2D eigenvalue weighted by Crippen LogP contribution is 2.15. The molecule has 0 spiro atoms. The van der Waals surface area contributed by atoms with E-state index in [1.165, 1.54) is 0 Å². The number of carbonyl (C=O) groups excluding carboxylic acids is 1. The molecule has 7 nitrogen and oxygen atoms in total. The summed E-state index contributed by atoms with van der Waals surface area (Å²) in [5.74, 6) is -0.0788. The van der Waals surface area contributed by atoms with E-state index in [0.29, 0.717) is 19.5 Å². The lowest BCUT2D eigenvalue weighted by molar-refractivity contribution is -0.137. The summed E-state index contributed by atoms with van der Waals surface area (Å²) in [7, 11) is 0. The molecule has 0 saturated carbocycles. The Hall–Kier alpha value is -2.05. The van der Waals surface area contributed by atoms with Crippen LogP contribution in [-0.2, 0) is 24.2 Å². The van der Waals surface area contributed by atoms with Crippen molar-refractivity contribution in [3.8, 4) is 0 Å². The van der Waals surface area contributed by atoms with Gasteiger partial charge in [0.1, 0.15) is 5.76 Å². The van der Waals surface area contributed by atoms with Crippen molar-refractivity contribution >= 4 is 12.0 Å². The third-order valence-corrected chi connectivity index (χ3v) is 2.89. The molecular weight excluding hydrogens is 262 g/mol. The van der Waals surface area contributed by atoms with Crippen LogP contribution in [0.2, 0.25) is 0 Å². The van der Waals surface area contributed by atoms with Crippen molar-refractivity contribution in [3.63, 3.8) is 0 Å². The van der Waals surface area contributed by atoms with E-state index in [0.717, 1.165) is 29.9 Å². The van der Waals surface area contributed by atoms with Crippen LogP contribution >= 0.6 is 0 Å². The van der Waals surface area contributed by atoms with Gasteiger partial charge in [0, 0.05) is 31.5 Å². The monoisotopic (exact) mass is 283 g/mol. The van der Waals surface area contributed by atoms with E-state index in [2.05, 4.69) is 15.8 Å². The predicted octanol–water partition coefficient (Wildman–Crippen LogP) is 1.46. The number of rotatable bonds is 8. The summed E-state index contributed by atoms with van der Waals surface area (Å²) in [5.41, 5.74) is 1.78. The van der Waals surface area contributed by atoms with Crippen LogP contribution in [0.1, 0.15) is 43.7 Å². The molecule has 0 fully saturated rings. The lowest BCUT2D eigenvalue weighted by Gasteiger charge is -2.07. The van der Waals surface area contributed by atoms with Crippen LogP contribution < -0.4 is 10.6 Å². The Morgan fingerprint density at radius 1 is 1.25 bits per heavy atom. The minimum absolute atomic E-state index is 0.0475. The summed E-state index contributed by atoms with van der Waals surface area (Å²) >= 11 is 0. The van der Waals surface area contributed by atoms with Crippen molar-refractivity contribution in [2.24, 2.45) is 0 Å². The van der Waals surface area contributed by atoms with Crippen LogP contribution in [0.25, 0.3) is 0 Å². The van der Waals surface area contributed by atoms with Gasteiger partial charge in [-0.15, -0.1) is 0 Å². The minimum Gasteiger partial charge on any atom is -0.481 e. The zero-order chi connectivity index (χ0) is 15.0. The first kappa shape index (κ1) is 16.0. The molecule has 0 aliphatic heterocycles. The zero-order valence-corrected chi connectivity index (χ0v) is 11.9. The van der Waals surface area contributed by atoms with E-state index in [4.69, 9.17) is 9.63 Å². The SMILES string of the molecule is CCc1noc(CC)c1CNC(=O)NCCCC(=O)O. The molecule has 0 unspecified atom stereocenters. The van der Waals surface area contributed by atoms with Gasteiger partial charge in [-0.3, -0.25) is 4.79 Å². The van der Waals surface area contributed by atoms with E-state index in [1.807, 2.05) is 13.8 Å². The fourth-order valence-corrected chi connectivity index (χ4v) is 1.81. The van der Waals surface area contributed by atoms with Crippen molar-refractivity contribution < 1.29 is 19.2 Å². The van der Waals surface area contributed by atoms with Gasteiger partial charge in [0.25, 0.3) is 0 Å². The van der Waals surface area contributed by atoms with Crippen LogP contribution in [0.4, 0.5) is 4.79 Å². The molecule has 0 saturated heterocycles. The second kappa shape index (κ2) is 8.19. The van der Waals surface area contributed by atoms with Crippen molar-refractivity contribution in [2.75, 3.05) is 6.54 Å². The number of nitrogens with zero attached hydrogens (tertiary/aromatic N) is 1. The number of urea groups is 1. The summed E-state index contributed by atoms with van der Waals surface area (Å²) < 4.78 is 5.21. The second-order valence-electron chi connectivity index (χ2n) is 4.34. The second-order valence-corrected chi connectivity index (χ2v) is 4.34. The molecule has 0 aromatic carbocycles. The number of hydrogen-bond acceptors (Lipinski definition) is 4. The number of amides is 2. The molecule has 3 N–H and O–H groups in total. The van der Waals surface area contributed by atoms with Gasteiger partial charge in [0.15, 0.2) is 0 Å². The van der Waals surface area contributed by atoms with Gasteiger partial charge >= 0.3 is 12.0 Å². The maximum atomic E-state index is 11.6. The lowest BCUT2D eigenvalue weighted by atomic mass is 10.1. The zero-order valence-electron chi connectivity index (χ0n) is 11.9. The fourth-order valence-electron chi connectivity index (χ4n) is 1.81. The van der Waals surface area contributed by atoms with Crippen LogP contribution in [0.3, 0.4) is 0 Å². The quantitative estimate of drug-likeness (QED) is 0.626. The molecule has 1 aromatic rings. The highest BCUT2D eigenvalue weighted by atomic mass is 16.5. The van der Waals surface area contributed by atoms with Crippen molar-refractivity contribution in [2.45, 2.75) is 46.1 Å². The number of carboxylic acids is 1. The molecule has 1 aromatic heterocycles. The van der Waals surface area contributed by atoms with Crippen molar-refractivity contribution in [3.05, 3.63) is 17.0 Å². The molecule has 1 heterocycles. The van der Waals surface area contributed by atoms with E-state index in [9.17, 15) is 9.59 Å². The summed E-state index contributed by atoms with van der Waals surface area (Å²) in [6.07, 6.45) is 1.94. The Morgan fingerprint density at radius 3 is 2.60 bits per heavy atom. The van der Waals surface area contributed by atoms with E-state index >= 15 is 0 Å². The highest BCUT2D eigenvalue weighted by molar-refractivity contribution is 5.74. The molecule has 20 heavy (non-hydrogen) atoms. The number of hydrogen-bond donors (Lipinski definition) is 3. The average Bonchev–Trinajstić information content (AvgIpc) is 2.83. The maximum absolute atomic E-state index is 11.6. The standard InChI is InChI=1S/C13H21N3O4/c1-3-10-9(11(4-2)20-16-10)8-15-13(19)14-7-5-6-12(17)18/h3-8H2,1-2H3,(H,17,18)(H2,14,15,19). The largest absolute Gasteiger partial charge is 0.481 e. The first-order valence-corrected chi connectivity index (χ1v) is 6.78. The first-order valence-electron chi connectivity index (χ1n) is 6.78. The topological polar surface area (TPSA) is 104 Å². The van der Waals surface area contributed by atoms with Gasteiger partial charge in [-0.05, 0) is 12.8 Å². The van der Waals surface area contributed by atoms with Gasteiger partial charge in [0.05, 0.1) is 5.69 Å². The molecule has 2 amide bonds. The first-order chi connectivity index (χ1) is 9.58. The molecule has 1 rings (SSSR count). The van der Waals surface area contributed by atoms with Crippen molar-refractivity contribution in [1.29, 1.82) is 0 Å². The third kappa shape index (κ3) is 4.91. The maximum Gasteiger partial charge on any atom is 0.315 e. The summed E-state index contributed by atoms with van der Waals surface area (Å²) in [4.78, 5) is 21.9. The number of carboxylic acid groups (broad SMARTS) is 1. The molecule has 112 valence electrons. The minimum atomic E-state index is -0.864. The van der Waals surface area contributed by atoms with Gasteiger partial charge < -0.3 is 20.3 Å². The summed E-state index contributed by atoms with van der Waals surface area (Å²) in [6, 6.07) is -0.319. The van der Waals surface area contributed by atoms with Gasteiger partial charge in [0.2, 0.25) is 0 Å². The van der Waals surface area contributed by atoms with E-state index in [-0.39, 0.29) is 12.5 Å². The van der Waals surface area contributed by atoms with Crippen molar-refractivity contribution in [1.82, 2.24) is 15.8 Å². The molecule has 0 aliphatic rings. The van der Waals surface area contributed by atoms with Gasteiger partial charge in [-0.25, -0.2) is 4.79 Å². The van der Waals surface area contributed by atoms with Crippen LogP contribution in [0.15, 0.2) is 4.52 Å². The molecule has 0 radical (unpaired) electrons. The Balaban J connectivity index is 2.37. The van der Waals surface area contributed by atoms with Crippen LogP contribution in [0.5, 0.6) is 0 Å². The van der Waals surface area contributed by atoms with Gasteiger partial charge in [-0.1, -0.05) is 19.0 Å². The summed E-state index contributed by atoms with van der Waals surface area (Å²) in [6.45, 7) is 4.64. The number of nitrogens with one attached hydrogen (secondary N) is 2. The Labute approximate surface area is 117 Å². The summed E-state index contributed by atoms with van der Waals surface area (Å²) in [5, 5.41) is 17.8. The average molecular weight is 283 g/mol. The van der Waals surface area contributed by atoms with E-state index in [1.54, 1.807) is 0 Å². The highest BCUT2D eigenvalue weighted by Gasteiger charge is 2.13. The third-order valence-electron chi connectivity index (χ3n) is 2.89. The van der Waals surface area contributed by atoms with Gasteiger partial charge in [-0.2, -0.15) is 0 Å². The predicted molar refractivity (Wildman–Crippen MR) is 72.4 cm³/mol. The molecule has 7 heteroatoms. The smallest absolute Gasteiger partial charge is 0.315 e. The number of aryl methyl sites for hydroxylation is 2. The number of aliphatic carboxylic acids is 1. The number of carbonyl (C=O) groups is 2. The number of aromatic nitrogens is 1. The Bertz CT molecular complexity index is 435. The fraction of sp³-hybridized carbons (Fsp3) is 0.615. The molecular formula is C13H21N3O4.